The molecule has 4 aromatic rings. The minimum Gasteiger partial charge on any atom is -0.507 e. The second-order valence-electron chi connectivity index (χ2n) is 8.37. The zero-order valence-corrected chi connectivity index (χ0v) is 18.0. The minimum atomic E-state index is 0.424. The van der Waals surface area contributed by atoms with Crippen LogP contribution < -0.4 is 0 Å². The standard InChI is InChI=1S/C25H29NO/c1-11-10-12(2)25(27)22-17(7)21-20-15(5)13(3)14(4)16(6)23(20)26(9)24(21)18(8)19(11)22/h10,27H,1-9H3. The summed E-state index contributed by atoms with van der Waals surface area (Å²) in [6.07, 6.45) is 0. The SMILES string of the molecule is Cc1cc(C)c2c(C)c3c(c(C)c2c1O)c1c(C)c(C)c(C)c(C)c1n3C. The lowest BCUT2D eigenvalue weighted by Crippen LogP contribution is -1.97. The van der Waals surface area contributed by atoms with Crippen LogP contribution in [-0.4, -0.2) is 9.67 Å². The van der Waals surface area contributed by atoms with Gasteiger partial charge in [-0.15, -0.1) is 0 Å². The number of phenolic OH excluding ortho intramolecular Hbond substituents is 1. The fourth-order valence-electron chi connectivity index (χ4n) is 5.29. The molecule has 0 saturated heterocycles. The van der Waals surface area contributed by atoms with Gasteiger partial charge in [0, 0.05) is 23.2 Å². The molecule has 0 aliphatic rings. The molecule has 0 radical (unpaired) electrons. The van der Waals surface area contributed by atoms with Crippen molar-refractivity contribution in [3.8, 4) is 5.75 Å². The highest BCUT2D eigenvalue weighted by atomic mass is 16.3. The third kappa shape index (κ3) is 2.02. The number of aromatic nitrogens is 1. The summed E-state index contributed by atoms with van der Waals surface area (Å²) in [4.78, 5) is 0. The predicted molar refractivity (Wildman–Crippen MR) is 117 cm³/mol. The summed E-state index contributed by atoms with van der Waals surface area (Å²) in [6.45, 7) is 17.5. The maximum absolute atomic E-state index is 10.9. The Kier molecular flexibility index (Phi) is 3.66. The van der Waals surface area contributed by atoms with Crippen LogP contribution in [0.15, 0.2) is 6.07 Å². The second kappa shape index (κ2) is 5.51. The molecule has 0 bridgehead atoms. The number of fused-ring (bicyclic) bond motifs is 4. The first-order valence-electron chi connectivity index (χ1n) is 9.70. The van der Waals surface area contributed by atoms with Gasteiger partial charge < -0.3 is 9.67 Å². The Bertz CT molecular complexity index is 1300. The third-order valence-electron chi connectivity index (χ3n) is 6.98. The van der Waals surface area contributed by atoms with Gasteiger partial charge in [-0.1, -0.05) is 6.07 Å². The number of phenols is 1. The van der Waals surface area contributed by atoms with Crippen molar-refractivity contribution in [2.24, 2.45) is 7.05 Å². The summed E-state index contributed by atoms with van der Waals surface area (Å²) in [5, 5.41) is 15.8. The highest BCUT2D eigenvalue weighted by molar-refractivity contribution is 6.20. The largest absolute Gasteiger partial charge is 0.507 e. The number of hydrogen-bond donors (Lipinski definition) is 1. The van der Waals surface area contributed by atoms with E-state index in [0.717, 1.165) is 10.9 Å². The van der Waals surface area contributed by atoms with Crippen molar-refractivity contribution in [3.05, 3.63) is 50.6 Å². The van der Waals surface area contributed by atoms with Crippen LogP contribution in [0, 0.1) is 55.4 Å². The van der Waals surface area contributed by atoms with E-state index in [9.17, 15) is 5.11 Å². The molecule has 0 atom stereocenters. The molecule has 0 unspecified atom stereocenters. The molecule has 3 aromatic carbocycles. The molecule has 1 aromatic heterocycles. The molecule has 0 aliphatic carbocycles. The van der Waals surface area contributed by atoms with Crippen LogP contribution >= 0.6 is 0 Å². The Morgan fingerprint density at radius 2 is 1.07 bits per heavy atom. The van der Waals surface area contributed by atoms with Crippen LogP contribution in [-0.2, 0) is 7.05 Å². The monoisotopic (exact) mass is 359 g/mol. The van der Waals surface area contributed by atoms with E-state index >= 15 is 0 Å². The van der Waals surface area contributed by atoms with Gasteiger partial charge in [0.2, 0.25) is 0 Å². The van der Waals surface area contributed by atoms with Gasteiger partial charge >= 0.3 is 0 Å². The zero-order valence-electron chi connectivity index (χ0n) is 18.0. The van der Waals surface area contributed by atoms with Crippen molar-refractivity contribution in [3.63, 3.8) is 0 Å². The average molecular weight is 360 g/mol. The van der Waals surface area contributed by atoms with Crippen LogP contribution in [0.25, 0.3) is 32.6 Å². The van der Waals surface area contributed by atoms with E-state index in [-0.39, 0.29) is 0 Å². The summed E-state index contributed by atoms with van der Waals surface area (Å²) in [7, 11) is 2.19. The molecule has 0 fully saturated rings. The van der Waals surface area contributed by atoms with E-state index in [1.54, 1.807) is 0 Å². The van der Waals surface area contributed by atoms with Crippen molar-refractivity contribution < 1.29 is 5.11 Å². The Morgan fingerprint density at radius 1 is 0.556 bits per heavy atom. The van der Waals surface area contributed by atoms with E-state index in [1.807, 2.05) is 6.92 Å². The summed E-state index contributed by atoms with van der Waals surface area (Å²) in [5.41, 5.74) is 12.7. The number of nitrogens with zero attached hydrogens (tertiary/aromatic N) is 1. The highest BCUT2D eigenvalue weighted by Gasteiger charge is 2.23. The van der Waals surface area contributed by atoms with Crippen LogP contribution in [0.5, 0.6) is 5.75 Å². The molecule has 0 saturated carbocycles. The van der Waals surface area contributed by atoms with E-state index < -0.39 is 0 Å². The van der Waals surface area contributed by atoms with E-state index in [4.69, 9.17) is 0 Å². The van der Waals surface area contributed by atoms with Crippen molar-refractivity contribution in [1.82, 2.24) is 4.57 Å². The maximum Gasteiger partial charge on any atom is 0.126 e. The van der Waals surface area contributed by atoms with Gasteiger partial charge in [-0.05, 0) is 105 Å². The molecule has 2 nitrogen and oxygen atoms in total. The molecule has 0 spiro atoms. The van der Waals surface area contributed by atoms with Crippen molar-refractivity contribution >= 4 is 32.6 Å². The van der Waals surface area contributed by atoms with Gasteiger partial charge in [0.15, 0.2) is 0 Å². The summed E-state index contributed by atoms with van der Waals surface area (Å²) >= 11 is 0. The van der Waals surface area contributed by atoms with E-state index in [0.29, 0.717) is 5.75 Å². The lowest BCUT2D eigenvalue weighted by atomic mass is 9.88. The van der Waals surface area contributed by atoms with Gasteiger partial charge in [0.25, 0.3) is 0 Å². The van der Waals surface area contributed by atoms with E-state index in [1.165, 1.54) is 66.1 Å². The first-order chi connectivity index (χ1) is 12.6. The first kappa shape index (κ1) is 17.9. The van der Waals surface area contributed by atoms with E-state index in [2.05, 4.69) is 66.1 Å². The Labute approximate surface area is 161 Å². The number of aryl methyl sites for hydroxylation is 7. The summed E-state index contributed by atoms with van der Waals surface area (Å²) in [5.74, 6) is 0.424. The molecule has 0 aliphatic heterocycles. The molecule has 4 rings (SSSR count). The topological polar surface area (TPSA) is 25.2 Å². The number of rotatable bonds is 0. The first-order valence-corrected chi connectivity index (χ1v) is 9.70. The van der Waals surface area contributed by atoms with Crippen LogP contribution in [0.2, 0.25) is 0 Å². The molecule has 140 valence electrons. The van der Waals surface area contributed by atoms with Crippen LogP contribution in [0.4, 0.5) is 0 Å². The Morgan fingerprint density at radius 3 is 1.70 bits per heavy atom. The molecule has 1 heterocycles. The van der Waals surface area contributed by atoms with Crippen molar-refractivity contribution in [1.29, 1.82) is 0 Å². The quantitative estimate of drug-likeness (QED) is 0.373. The number of benzene rings is 3. The van der Waals surface area contributed by atoms with Crippen molar-refractivity contribution in [2.45, 2.75) is 55.4 Å². The number of aromatic hydroxyl groups is 1. The van der Waals surface area contributed by atoms with Crippen LogP contribution in [0.1, 0.15) is 44.5 Å². The minimum absolute atomic E-state index is 0.424. The normalized spacial score (nSPS) is 12.0. The molecule has 1 N–H and O–H groups in total. The second-order valence-corrected chi connectivity index (χ2v) is 8.37. The van der Waals surface area contributed by atoms with Gasteiger partial charge in [0.05, 0.1) is 11.0 Å². The highest BCUT2D eigenvalue weighted by Crippen LogP contribution is 2.45. The van der Waals surface area contributed by atoms with Gasteiger partial charge in [0.1, 0.15) is 5.75 Å². The average Bonchev–Trinajstić information content (AvgIpc) is 2.93. The zero-order chi connectivity index (χ0) is 19.9. The van der Waals surface area contributed by atoms with Gasteiger partial charge in [-0.3, -0.25) is 0 Å². The lowest BCUT2D eigenvalue weighted by Gasteiger charge is -2.16. The third-order valence-corrected chi connectivity index (χ3v) is 6.98. The van der Waals surface area contributed by atoms with Crippen molar-refractivity contribution in [2.75, 3.05) is 0 Å². The molecule has 0 amide bonds. The number of hydrogen-bond acceptors (Lipinski definition) is 1. The predicted octanol–water partition coefficient (Wildman–Crippen LogP) is 6.66. The molecular weight excluding hydrogens is 330 g/mol. The molecule has 27 heavy (non-hydrogen) atoms. The maximum atomic E-state index is 10.9. The smallest absolute Gasteiger partial charge is 0.126 e. The fraction of sp³-hybridized carbons (Fsp3) is 0.360. The van der Waals surface area contributed by atoms with Crippen LogP contribution in [0.3, 0.4) is 0 Å². The van der Waals surface area contributed by atoms with Gasteiger partial charge in [-0.2, -0.15) is 0 Å². The molecular formula is C25H29NO. The summed E-state index contributed by atoms with van der Waals surface area (Å²) in [6, 6.07) is 2.10. The summed E-state index contributed by atoms with van der Waals surface area (Å²) < 4.78 is 2.37. The lowest BCUT2D eigenvalue weighted by molar-refractivity contribution is 0.477. The fourth-order valence-corrected chi connectivity index (χ4v) is 5.29. The molecule has 2 heteroatoms. The Hall–Kier alpha value is -2.48. The Balaban J connectivity index is 2.49. The van der Waals surface area contributed by atoms with Gasteiger partial charge in [-0.25, -0.2) is 0 Å².